The van der Waals surface area contributed by atoms with E-state index < -0.39 is 0 Å². The van der Waals surface area contributed by atoms with Crippen molar-refractivity contribution in [1.82, 2.24) is 4.90 Å². The quantitative estimate of drug-likeness (QED) is 0.614. The SMILES string of the molecule is CN1CCCC(C2CCCOC2)C1. The zero-order valence-corrected chi connectivity index (χ0v) is 8.67. The molecule has 76 valence electrons. The lowest BCUT2D eigenvalue weighted by Gasteiger charge is -2.36. The monoisotopic (exact) mass is 183 g/mol. The lowest BCUT2D eigenvalue weighted by molar-refractivity contribution is 0.0134. The number of rotatable bonds is 1. The van der Waals surface area contributed by atoms with Crippen LogP contribution in [0.5, 0.6) is 0 Å². The van der Waals surface area contributed by atoms with E-state index in [0.29, 0.717) is 0 Å². The highest BCUT2D eigenvalue weighted by Crippen LogP contribution is 2.28. The summed E-state index contributed by atoms with van der Waals surface area (Å²) in [5.41, 5.74) is 0. The first-order valence-corrected chi connectivity index (χ1v) is 5.62. The Bertz CT molecular complexity index is 154. The second-order valence-electron chi connectivity index (χ2n) is 4.64. The molecule has 0 radical (unpaired) electrons. The summed E-state index contributed by atoms with van der Waals surface area (Å²) in [6.07, 6.45) is 5.50. The van der Waals surface area contributed by atoms with Gasteiger partial charge >= 0.3 is 0 Å². The average Bonchev–Trinajstić information content (AvgIpc) is 2.19. The Morgan fingerprint density at radius 3 is 2.69 bits per heavy atom. The maximum absolute atomic E-state index is 5.55. The van der Waals surface area contributed by atoms with E-state index >= 15 is 0 Å². The second kappa shape index (κ2) is 4.43. The van der Waals surface area contributed by atoms with Gasteiger partial charge < -0.3 is 9.64 Å². The van der Waals surface area contributed by atoms with Gasteiger partial charge in [0.1, 0.15) is 0 Å². The number of likely N-dealkylation sites (tertiary alicyclic amines) is 1. The lowest BCUT2D eigenvalue weighted by Crippen LogP contribution is -2.38. The van der Waals surface area contributed by atoms with E-state index in [1.807, 2.05) is 0 Å². The number of hydrogen-bond donors (Lipinski definition) is 0. The summed E-state index contributed by atoms with van der Waals surface area (Å²) in [4.78, 5) is 2.47. The Hall–Kier alpha value is -0.0800. The molecule has 2 heterocycles. The van der Waals surface area contributed by atoms with Crippen LogP contribution in [0.3, 0.4) is 0 Å². The van der Waals surface area contributed by atoms with Gasteiger partial charge in [-0.15, -0.1) is 0 Å². The van der Waals surface area contributed by atoms with Gasteiger partial charge in [-0.3, -0.25) is 0 Å². The van der Waals surface area contributed by atoms with Crippen molar-refractivity contribution in [3.8, 4) is 0 Å². The van der Waals surface area contributed by atoms with Crippen molar-refractivity contribution in [1.29, 1.82) is 0 Å². The van der Waals surface area contributed by atoms with Crippen molar-refractivity contribution in [3.05, 3.63) is 0 Å². The maximum Gasteiger partial charge on any atom is 0.0497 e. The van der Waals surface area contributed by atoms with E-state index in [9.17, 15) is 0 Å². The Kier molecular flexibility index (Phi) is 3.23. The molecule has 2 fully saturated rings. The first kappa shape index (κ1) is 9.47. The van der Waals surface area contributed by atoms with Gasteiger partial charge in [-0.1, -0.05) is 0 Å². The van der Waals surface area contributed by atoms with Crippen molar-refractivity contribution in [2.24, 2.45) is 11.8 Å². The van der Waals surface area contributed by atoms with E-state index in [-0.39, 0.29) is 0 Å². The minimum Gasteiger partial charge on any atom is -0.381 e. The summed E-state index contributed by atoms with van der Waals surface area (Å²) in [5, 5.41) is 0. The molecule has 0 spiro atoms. The molecule has 2 aliphatic heterocycles. The summed E-state index contributed by atoms with van der Waals surface area (Å²) in [5.74, 6) is 1.77. The summed E-state index contributed by atoms with van der Waals surface area (Å²) in [6, 6.07) is 0. The van der Waals surface area contributed by atoms with Gasteiger partial charge in [-0.25, -0.2) is 0 Å². The van der Waals surface area contributed by atoms with Gasteiger partial charge in [0.05, 0.1) is 0 Å². The van der Waals surface area contributed by atoms with Crippen LogP contribution in [0.4, 0.5) is 0 Å². The minimum absolute atomic E-state index is 0.858. The summed E-state index contributed by atoms with van der Waals surface area (Å²) in [7, 11) is 2.25. The topological polar surface area (TPSA) is 12.5 Å². The summed E-state index contributed by atoms with van der Waals surface area (Å²) >= 11 is 0. The Morgan fingerprint density at radius 1 is 1.15 bits per heavy atom. The second-order valence-corrected chi connectivity index (χ2v) is 4.64. The molecule has 0 aromatic rings. The highest BCUT2D eigenvalue weighted by molar-refractivity contribution is 4.78. The molecule has 0 saturated carbocycles. The van der Waals surface area contributed by atoms with E-state index in [1.54, 1.807) is 0 Å². The molecule has 2 rings (SSSR count). The van der Waals surface area contributed by atoms with Crippen LogP contribution in [0.1, 0.15) is 25.7 Å². The maximum atomic E-state index is 5.55. The van der Waals surface area contributed by atoms with Crippen molar-refractivity contribution in [3.63, 3.8) is 0 Å². The molecule has 2 saturated heterocycles. The fraction of sp³-hybridized carbons (Fsp3) is 1.00. The van der Waals surface area contributed by atoms with Crippen LogP contribution >= 0.6 is 0 Å². The van der Waals surface area contributed by atoms with Crippen LogP contribution < -0.4 is 0 Å². The van der Waals surface area contributed by atoms with Gasteiger partial charge in [0.15, 0.2) is 0 Å². The third-order valence-corrected chi connectivity index (χ3v) is 3.52. The van der Waals surface area contributed by atoms with E-state index in [4.69, 9.17) is 4.74 Å². The number of hydrogen-bond acceptors (Lipinski definition) is 2. The molecule has 2 aliphatic rings. The fourth-order valence-electron chi connectivity index (χ4n) is 2.73. The van der Waals surface area contributed by atoms with E-state index in [2.05, 4.69) is 11.9 Å². The number of piperidine rings is 1. The number of ether oxygens (including phenoxy) is 1. The van der Waals surface area contributed by atoms with Gasteiger partial charge in [0.25, 0.3) is 0 Å². The molecule has 0 N–H and O–H groups in total. The highest BCUT2D eigenvalue weighted by atomic mass is 16.5. The predicted octanol–water partition coefficient (Wildman–Crippen LogP) is 1.75. The predicted molar refractivity (Wildman–Crippen MR) is 53.8 cm³/mol. The minimum atomic E-state index is 0.858. The molecule has 0 aliphatic carbocycles. The molecule has 2 atom stereocenters. The van der Waals surface area contributed by atoms with E-state index in [0.717, 1.165) is 25.0 Å². The largest absolute Gasteiger partial charge is 0.381 e. The number of nitrogens with zero attached hydrogens (tertiary/aromatic N) is 1. The van der Waals surface area contributed by atoms with Crippen LogP contribution in [-0.4, -0.2) is 38.3 Å². The fourth-order valence-corrected chi connectivity index (χ4v) is 2.73. The molecule has 2 nitrogen and oxygen atoms in total. The van der Waals surface area contributed by atoms with Gasteiger partial charge in [-0.2, -0.15) is 0 Å². The molecule has 0 amide bonds. The highest BCUT2D eigenvalue weighted by Gasteiger charge is 2.27. The first-order chi connectivity index (χ1) is 6.36. The van der Waals surface area contributed by atoms with Crippen molar-refractivity contribution in [2.45, 2.75) is 25.7 Å². The van der Waals surface area contributed by atoms with Crippen molar-refractivity contribution >= 4 is 0 Å². The molecule has 2 unspecified atom stereocenters. The zero-order valence-electron chi connectivity index (χ0n) is 8.67. The van der Waals surface area contributed by atoms with Crippen LogP contribution in [-0.2, 0) is 4.74 Å². The molecule has 0 aromatic heterocycles. The Balaban J connectivity index is 1.83. The van der Waals surface area contributed by atoms with Gasteiger partial charge in [-0.05, 0) is 51.1 Å². The van der Waals surface area contributed by atoms with Gasteiger partial charge in [0.2, 0.25) is 0 Å². The third-order valence-electron chi connectivity index (χ3n) is 3.52. The Morgan fingerprint density at radius 2 is 2.00 bits per heavy atom. The lowest BCUT2D eigenvalue weighted by atomic mass is 9.82. The molecule has 0 aromatic carbocycles. The zero-order chi connectivity index (χ0) is 9.10. The molecular weight excluding hydrogens is 162 g/mol. The van der Waals surface area contributed by atoms with Crippen LogP contribution in [0.15, 0.2) is 0 Å². The first-order valence-electron chi connectivity index (χ1n) is 5.62. The van der Waals surface area contributed by atoms with Crippen LogP contribution in [0, 0.1) is 11.8 Å². The molecule has 0 bridgehead atoms. The van der Waals surface area contributed by atoms with Crippen molar-refractivity contribution in [2.75, 3.05) is 33.4 Å². The third kappa shape index (κ3) is 2.44. The standard InChI is InChI=1S/C11H21NO/c1-12-6-2-4-10(8-12)11-5-3-7-13-9-11/h10-11H,2-9H2,1H3. The van der Waals surface area contributed by atoms with Crippen LogP contribution in [0.2, 0.25) is 0 Å². The normalized spacial score (nSPS) is 37.6. The van der Waals surface area contributed by atoms with E-state index in [1.165, 1.54) is 38.8 Å². The van der Waals surface area contributed by atoms with Crippen LogP contribution in [0.25, 0.3) is 0 Å². The van der Waals surface area contributed by atoms with Crippen molar-refractivity contribution < 1.29 is 4.74 Å². The summed E-state index contributed by atoms with van der Waals surface area (Å²) in [6.45, 7) is 4.62. The molecular formula is C11H21NO. The Labute approximate surface area is 81.3 Å². The average molecular weight is 183 g/mol. The molecule has 2 heteroatoms. The summed E-state index contributed by atoms with van der Waals surface area (Å²) < 4.78 is 5.55. The smallest absolute Gasteiger partial charge is 0.0497 e. The van der Waals surface area contributed by atoms with Gasteiger partial charge in [0, 0.05) is 19.8 Å². The molecule has 13 heavy (non-hydrogen) atoms.